The molecule has 0 aliphatic carbocycles. The van der Waals surface area contributed by atoms with Crippen LogP contribution in [0.4, 0.5) is 5.95 Å². The highest BCUT2D eigenvalue weighted by Gasteiger charge is 2.30. The lowest BCUT2D eigenvalue weighted by molar-refractivity contribution is -0.137. The van der Waals surface area contributed by atoms with Gasteiger partial charge in [0.25, 0.3) is 5.91 Å². The number of benzene rings is 2. The van der Waals surface area contributed by atoms with Crippen LogP contribution in [-0.2, 0) is 17.6 Å². The van der Waals surface area contributed by atoms with Crippen molar-refractivity contribution in [3.05, 3.63) is 87.7 Å². The van der Waals surface area contributed by atoms with Crippen LogP contribution in [0.3, 0.4) is 0 Å². The van der Waals surface area contributed by atoms with Crippen LogP contribution in [0, 0.1) is 12.8 Å². The van der Waals surface area contributed by atoms with E-state index in [0.29, 0.717) is 47.5 Å². The number of carbonyl (C=O) groups excluding carboxylic acids is 1. The van der Waals surface area contributed by atoms with Crippen molar-refractivity contribution in [3.63, 3.8) is 0 Å². The van der Waals surface area contributed by atoms with Gasteiger partial charge in [0.2, 0.25) is 5.95 Å². The summed E-state index contributed by atoms with van der Waals surface area (Å²) >= 11 is 6.12. The van der Waals surface area contributed by atoms with Crippen molar-refractivity contribution < 1.29 is 14.7 Å². The van der Waals surface area contributed by atoms with Gasteiger partial charge in [-0.15, -0.1) is 0 Å². The fourth-order valence-electron chi connectivity index (χ4n) is 5.10. The fourth-order valence-corrected chi connectivity index (χ4v) is 5.22. The number of aliphatic carboxylic acids is 1. The number of carbonyl (C=O) groups is 2. The molecule has 1 aromatic heterocycles. The van der Waals surface area contributed by atoms with Gasteiger partial charge in [-0.1, -0.05) is 61.8 Å². The SMILES string of the molecule is Cc1ccccc1CCc1nc(N2CCC[C@@H]2c2ccc(Cl)cc2)ncc1C(=O)N(CCC(C)C)CC(=O)O. The lowest BCUT2D eigenvalue weighted by Crippen LogP contribution is -2.38. The molecule has 1 saturated heterocycles. The Morgan fingerprint density at radius 1 is 1.13 bits per heavy atom. The molecule has 0 unspecified atom stereocenters. The summed E-state index contributed by atoms with van der Waals surface area (Å²) in [6.07, 6.45) is 5.57. The van der Waals surface area contributed by atoms with Gasteiger partial charge in [0.05, 0.1) is 17.3 Å². The van der Waals surface area contributed by atoms with E-state index in [4.69, 9.17) is 16.6 Å². The number of hydrogen-bond donors (Lipinski definition) is 1. The smallest absolute Gasteiger partial charge is 0.323 e. The molecule has 1 amide bonds. The molecule has 8 heteroatoms. The van der Waals surface area contributed by atoms with Crippen LogP contribution < -0.4 is 4.90 Å². The highest BCUT2D eigenvalue weighted by atomic mass is 35.5. The number of hydrogen-bond acceptors (Lipinski definition) is 5. The van der Waals surface area contributed by atoms with Gasteiger partial charge >= 0.3 is 5.97 Å². The number of nitrogens with zero attached hydrogens (tertiary/aromatic N) is 4. The first-order valence-corrected chi connectivity index (χ1v) is 14.0. The zero-order valence-corrected chi connectivity index (χ0v) is 23.7. The first kappa shape index (κ1) is 28.6. The molecule has 2 aromatic carbocycles. The lowest BCUT2D eigenvalue weighted by Gasteiger charge is -2.27. The second kappa shape index (κ2) is 13.1. The number of anilines is 1. The maximum absolute atomic E-state index is 13.7. The number of aromatic nitrogens is 2. The van der Waals surface area contributed by atoms with Crippen molar-refractivity contribution in [2.75, 3.05) is 24.5 Å². The first-order chi connectivity index (χ1) is 18.7. The summed E-state index contributed by atoms with van der Waals surface area (Å²) in [5.41, 5.74) is 4.56. The number of amides is 1. The van der Waals surface area contributed by atoms with Crippen LogP contribution in [-0.4, -0.2) is 51.5 Å². The highest BCUT2D eigenvalue weighted by molar-refractivity contribution is 6.30. The molecule has 39 heavy (non-hydrogen) atoms. The first-order valence-electron chi connectivity index (χ1n) is 13.7. The molecule has 206 valence electrons. The van der Waals surface area contributed by atoms with Crippen LogP contribution >= 0.6 is 11.6 Å². The van der Waals surface area contributed by atoms with Gasteiger partial charge in [-0.25, -0.2) is 9.97 Å². The predicted molar refractivity (Wildman–Crippen MR) is 154 cm³/mol. The molecule has 2 heterocycles. The fraction of sp³-hybridized carbons (Fsp3) is 0.419. The summed E-state index contributed by atoms with van der Waals surface area (Å²) in [4.78, 5) is 38.5. The minimum atomic E-state index is -1.03. The Balaban J connectivity index is 1.68. The Hall–Kier alpha value is -3.45. The van der Waals surface area contributed by atoms with Crippen LogP contribution in [0.2, 0.25) is 5.02 Å². The van der Waals surface area contributed by atoms with E-state index in [0.717, 1.165) is 31.4 Å². The van der Waals surface area contributed by atoms with E-state index in [1.54, 1.807) is 6.20 Å². The Bertz CT molecular complexity index is 1300. The normalized spacial score (nSPS) is 15.1. The molecule has 4 rings (SSSR count). The molecule has 0 spiro atoms. The molecule has 1 fully saturated rings. The lowest BCUT2D eigenvalue weighted by atomic mass is 10.0. The molecule has 0 radical (unpaired) electrons. The second-order valence-corrected chi connectivity index (χ2v) is 11.1. The number of aryl methyl sites for hydroxylation is 3. The van der Waals surface area contributed by atoms with Crippen molar-refractivity contribution in [2.45, 2.75) is 58.9 Å². The van der Waals surface area contributed by atoms with Gasteiger partial charge in [-0.2, -0.15) is 0 Å². The summed E-state index contributed by atoms with van der Waals surface area (Å²) in [6, 6.07) is 16.2. The number of rotatable bonds is 11. The molecule has 1 N–H and O–H groups in total. The molecule has 1 atom stereocenters. The van der Waals surface area contributed by atoms with Crippen LogP contribution in [0.5, 0.6) is 0 Å². The van der Waals surface area contributed by atoms with Crippen molar-refractivity contribution in [1.29, 1.82) is 0 Å². The maximum Gasteiger partial charge on any atom is 0.323 e. The number of carboxylic acids is 1. The van der Waals surface area contributed by atoms with Gasteiger partial charge in [0.15, 0.2) is 0 Å². The van der Waals surface area contributed by atoms with Crippen molar-refractivity contribution in [3.8, 4) is 0 Å². The highest BCUT2D eigenvalue weighted by Crippen LogP contribution is 2.35. The van der Waals surface area contributed by atoms with Crippen molar-refractivity contribution in [1.82, 2.24) is 14.9 Å². The zero-order chi connectivity index (χ0) is 27.9. The third-order valence-corrected chi connectivity index (χ3v) is 7.58. The molecular weight excluding hydrogens is 512 g/mol. The summed E-state index contributed by atoms with van der Waals surface area (Å²) in [5.74, 6) is -0.432. The molecule has 1 aliphatic rings. The minimum absolute atomic E-state index is 0.127. The van der Waals surface area contributed by atoms with Crippen LogP contribution in [0.15, 0.2) is 54.7 Å². The number of halogens is 1. The van der Waals surface area contributed by atoms with Gasteiger partial charge in [0.1, 0.15) is 6.54 Å². The Morgan fingerprint density at radius 2 is 1.87 bits per heavy atom. The van der Waals surface area contributed by atoms with E-state index in [1.165, 1.54) is 16.0 Å². The molecule has 0 bridgehead atoms. The molecule has 1 aliphatic heterocycles. The van der Waals surface area contributed by atoms with E-state index in [-0.39, 0.29) is 18.5 Å². The summed E-state index contributed by atoms with van der Waals surface area (Å²) < 4.78 is 0. The Labute approximate surface area is 235 Å². The van der Waals surface area contributed by atoms with E-state index < -0.39 is 5.97 Å². The van der Waals surface area contributed by atoms with Crippen LogP contribution in [0.1, 0.15) is 71.9 Å². The molecule has 3 aromatic rings. The van der Waals surface area contributed by atoms with Crippen molar-refractivity contribution in [2.24, 2.45) is 5.92 Å². The third-order valence-electron chi connectivity index (χ3n) is 7.33. The zero-order valence-electron chi connectivity index (χ0n) is 22.9. The van der Waals surface area contributed by atoms with Gasteiger partial charge in [0, 0.05) is 24.3 Å². The quantitative estimate of drug-likeness (QED) is 0.310. The topological polar surface area (TPSA) is 86.6 Å². The molecule has 7 nitrogen and oxygen atoms in total. The predicted octanol–water partition coefficient (Wildman–Crippen LogP) is 6.14. The van der Waals surface area contributed by atoms with Crippen LogP contribution in [0.25, 0.3) is 0 Å². The third kappa shape index (κ3) is 7.35. The van der Waals surface area contributed by atoms with Gasteiger partial charge < -0.3 is 14.9 Å². The summed E-state index contributed by atoms with van der Waals surface area (Å²) in [5, 5.41) is 10.2. The minimum Gasteiger partial charge on any atom is -0.480 e. The van der Waals surface area contributed by atoms with E-state index in [2.05, 4.69) is 42.8 Å². The largest absolute Gasteiger partial charge is 0.480 e. The number of carboxylic acid groups (broad SMARTS) is 1. The summed E-state index contributed by atoms with van der Waals surface area (Å²) in [7, 11) is 0. The Morgan fingerprint density at radius 3 is 2.56 bits per heavy atom. The average molecular weight is 549 g/mol. The van der Waals surface area contributed by atoms with Crippen molar-refractivity contribution >= 4 is 29.4 Å². The van der Waals surface area contributed by atoms with Gasteiger partial charge in [-0.3, -0.25) is 9.59 Å². The van der Waals surface area contributed by atoms with E-state index in [1.807, 2.05) is 36.4 Å². The maximum atomic E-state index is 13.7. The van der Waals surface area contributed by atoms with E-state index in [9.17, 15) is 14.7 Å². The average Bonchev–Trinajstić information content (AvgIpc) is 3.40. The van der Waals surface area contributed by atoms with Gasteiger partial charge in [-0.05, 0) is 73.8 Å². The second-order valence-electron chi connectivity index (χ2n) is 10.7. The molecule has 0 saturated carbocycles. The monoisotopic (exact) mass is 548 g/mol. The molecular formula is C31H37ClN4O3. The Kier molecular flexibility index (Phi) is 9.57. The standard InChI is InChI=1S/C31H37ClN4O3/c1-21(2)16-18-35(20-29(37)38)30(39)26-19-33-31(34-27(26)15-12-23-8-5-4-7-22(23)3)36-17-6-9-28(36)24-10-13-25(32)14-11-24/h4-5,7-8,10-11,13-14,19,21,28H,6,9,12,15-18,20H2,1-3H3,(H,37,38)/t28-/m1/s1. The summed E-state index contributed by atoms with van der Waals surface area (Å²) in [6.45, 7) is 7.03. The van der Waals surface area contributed by atoms with E-state index >= 15 is 0 Å².